The predicted octanol–water partition coefficient (Wildman–Crippen LogP) is 1.08. The fourth-order valence-corrected chi connectivity index (χ4v) is 3.25. The number of hydrogen-bond donors (Lipinski definition) is 2. The number of β-amino-alcohol motifs (C(OH)–C–C–N with tert-alkyl or cyclic N) is 1. The van der Waals surface area contributed by atoms with Gasteiger partial charge in [-0.2, -0.15) is 0 Å². The molecule has 0 aromatic heterocycles. The summed E-state index contributed by atoms with van der Waals surface area (Å²) in [7, 11) is 2.08. The number of aliphatic hydroxyl groups excluding tert-OH is 1. The Labute approximate surface area is 99.2 Å². The van der Waals surface area contributed by atoms with Crippen molar-refractivity contribution >= 4 is 0 Å². The molecule has 2 aliphatic rings. The fraction of sp³-hybridized carbons (Fsp3) is 1.00. The zero-order valence-corrected chi connectivity index (χ0v) is 10.7. The summed E-state index contributed by atoms with van der Waals surface area (Å²) in [6.07, 6.45) is 5.09. The van der Waals surface area contributed by atoms with Gasteiger partial charge in [-0.3, -0.25) is 0 Å². The van der Waals surface area contributed by atoms with Crippen molar-refractivity contribution in [3.05, 3.63) is 0 Å². The van der Waals surface area contributed by atoms with Crippen LogP contribution < -0.4 is 5.32 Å². The molecule has 1 aliphatic carbocycles. The molecule has 16 heavy (non-hydrogen) atoms. The Morgan fingerprint density at radius 2 is 2.12 bits per heavy atom. The van der Waals surface area contributed by atoms with Gasteiger partial charge in [0.05, 0.1) is 6.10 Å². The van der Waals surface area contributed by atoms with Gasteiger partial charge in [0.1, 0.15) is 0 Å². The van der Waals surface area contributed by atoms with Gasteiger partial charge < -0.3 is 15.3 Å². The Morgan fingerprint density at radius 3 is 2.81 bits per heavy atom. The van der Waals surface area contributed by atoms with Crippen molar-refractivity contribution in [1.29, 1.82) is 0 Å². The number of hydrogen-bond acceptors (Lipinski definition) is 3. The van der Waals surface area contributed by atoms with Crippen molar-refractivity contribution in [2.75, 3.05) is 26.7 Å². The van der Waals surface area contributed by atoms with Crippen LogP contribution in [0.3, 0.4) is 0 Å². The number of likely N-dealkylation sites (tertiary alicyclic amines) is 1. The summed E-state index contributed by atoms with van der Waals surface area (Å²) in [6, 6.07) is 0.705. The molecule has 3 nitrogen and oxygen atoms in total. The number of nitrogens with zero attached hydrogens (tertiary/aromatic N) is 1. The highest BCUT2D eigenvalue weighted by atomic mass is 16.3. The van der Waals surface area contributed by atoms with E-state index in [0.29, 0.717) is 12.0 Å². The molecule has 0 amide bonds. The Morgan fingerprint density at radius 1 is 1.31 bits per heavy atom. The van der Waals surface area contributed by atoms with Crippen molar-refractivity contribution in [2.24, 2.45) is 11.8 Å². The van der Waals surface area contributed by atoms with Crippen LogP contribution in [0, 0.1) is 11.8 Å². The van der Waals surface area contributed by atoms with E-state index in [-0.39, 0.29) is 6.10 Å². The van der Waals surface area contributed by atoms with E-state index in [0.717, 1.165) is 18.9 Å². The lowest BCUT2D eigenvalue weighted by Gasteiger charge is -2.36. The maximum Gasteiger partial charge on any atom is 0.0693 e. The third-order valence-electron chi connectivity index (χ3n) is 4.53. The Bertz CT molecular complexity index is 222. The molecule has 1 heterocycles. The maximum absolute atomic E-state index is 9.89. The van der Waals surface area contributed by atoms with Crippen LogP contribution in [-0.2, 0) is 0 Å². The quantitative estimate of drug-likeness (QED) is 0.756. The molecule has 3 heteroatoms. The van der Waals surface area contributed by atoms with Crippen molar-refractivity contribution in [2.45, 2.75) is 44.8 Å². The molecule has 4 unspecified atom stereocenters. The third kappa shape index (κ3) is 2.76. The molecule has 0 aromatic carbocycles. The Balaban J connectivity index is 1.81. The third-order valence-corrected chi connectivity index (χ3v) is 4.53. The molecule has 2 rings (SSSR count). The molecule has 2 fully saturated rings. The molecule has 1 saturated carbocycles. The summed E-state index contributed by atoms with van der Waals surface area (Å²) in [5, 5.41) is 13.3. The maximum atomic E-state index is 9.89. The van der Waals surface area contributed by atoms with Gasteiger partial charge in [-0.1, -0.05) is 13.3 Å². The molecule has 94 valence electrons. The lowest BCUT2D eigenvalue weighted by molar-refractivity contribution is 0.0218. The molecular weight excluding hydrogens is 200 g/mol. The van der Waals surface area contributed by atoms with Gasteiger partial charge in [0, 0.05) is 19.1 Å². The van der Waals surface area contributed by atoms with Gasteiger partial charge in [-0.25, -0.2) is 0 Å². The summed E-state index contributed by atoms with van der Waals surface area (Å²) in [5.41, 5.74) is 0. The normalized spacial score (nSPS) is 41.4. The highest BCUT2D eigenvalue weighted by Gasteiger charge is 2.30. The molecule has 0 radical (unpaired) electrons. The van der Waals surface area contributed by atoms with E-state index in [1.165, 1.54) is 32.4 Å². The molecule has 0 aromatic rings. The SMILES string of the molecule is CNC1CCCC1CN1CCC(C)C(O)C1. The summed E-state index contributed by atoms with van der Waals surface area (Å²) in [6.45, 7) is 5.39. The van der Waals surface area contributed by atoms with Crippen LogP contribution in [0.25, 0.3) is 0 Å². The minimum Gasteiger partial charge on any atom is -0.392 e. The van der Waals surface area contributed by atoms with Gasteiger partial charge >= 0.3 is 0 Å². The van der Waals surface area contributed by atoms with Crippen LogP contribution in [0.5, 0.6) is 0 Å². The van der Waals surface area contributed by atoms with Crippen molar-refractivity contribution < 1.29 is 5.11 Å². The average Bonchev–Trinajstić information content (AvgIpc) is 2.71. The molecule has 1 aliphatic heterocycles. The largest absolute Gasteiger partial charge is 0.392 e. The van der Waals surface area contributed by atoms with E-state index in [4.69, 9.17) is 0 Å². The second-order valence-electron chi connectivity index (χ2n) is 5.68. The molecule has 0 spiro atoms. The van der Waals surface area contributed by atoms with E-state index in [1.54, 1.807) is 0 Å². The first-order valence-corrected chi connectivity index (χ1v) is 6.78. The molecule has 1 saturated heterocycles. The summed E-state index contributed by atoms with van der Waals surface area (Å²) >= 11 is 0. The van der Waals surface area contributed by atoms with E-state index in [1.807, 2.05) is 0 Å². The van der Waals surface area contributed by atoms with Crippen molar-refractivity contribution in [3.63, 3.8) is 0 Å². The minimum atomic E-state index is -0.108. The fourth-order valence-electron chi connectivity index (χ4n) is 3.25. The number of aliphatic hydroxyl groups is 1. The number of nitrogens with one attached hydrogen (secondary N) is 1. The second-order valence-corrected chi connectivity index (χ2v) is 5.68. The monoisotopic (exact) mass is 226 g/mol. The zero-order chi connectivity index (χ0) is 11.5. The first-order chi connectivity index (χ1) is 7.70. The van der Waals surface area contributed by atoms with Crippen molar-refractivity contribution in [3.8, 4) is 0 Å². The molecular formula is C13H26N2O. The van der Waals surface area contributed by atoms with E-state index < -0.39 is 0 Å². The first kappa shape index (κ1) is 12.3. The lowest BCUT2D eigenvalue weighted by Crippen LogP contribution is -2.46. The second kappa shape index (κ2) is 5.48. The van der Waals surface area contributed by atoms with Gasteiger partial charge in [-0.15, -0.1) is 0 Å². The predicted molar refractivity (Wildman–Crippen MR) is 66.4 cm³/mol. The summed E-state index contributed by atoms with van der Waals surface area (Å²) in [5.74, 6) is 1.28. The van der Waals surface area contributed by atoms with Crippen molar-refractivity contribution in [1.82, 2.24) is 10.2 Å². The number of rotatable bonds is 3. The average molecular weight is 226 g/mol. The lowest BCUT2D eigenvalue weighted by atomic mass is 9.94. The molecule has 0 bridgehead atoms. The standard InChI is InChI=1S/C13H26N2O/c1-10-6-7-15(9-13(10)16)8-11-4-3-5-12(11)14-2/h10-14,16H,3-9H2,1-2H3. The zero-order valence-electron chi connectivity index (χ0n) is 10.7. The van der Waals surface area contributed by atoms with E-state index in [9.17, 15) is 5.11 Å². The van der Waals surface area contributed by atoms with Crippen LogP contribution in [0.1, 0.15) is 32.6 Å². The van der Waals surface area contributed by atoms with E-state index >= 15 is 0 Å². The minimum absolute atomic E-state index is 0.108. The topological polar surface area (TPSA) is 35.5 Å². The van der Waals surface area contributed by atoms with Gasteiger partial charge in [-0.05, 0) is 44.7 Å². The highest BCUT2D eigenvalue weighted by Crippen LogP contribution is 2.27. The van der Waals surface area contributed by atoms with E-state index in [2.05, 4.69) is 24.2 Å². The Hall–Kier alpha value is -0.120. The van der Waals surface area contributed by atoms with Crippen LogP contribution in [0.2, 0.25) is 0 Å². The smallest absolute Gasteiger partial charge is 0.0693 e. The van der Waals surface area contributed by atoms with Crippen LogP contribution in [-0.4, -0.2) is 48.8 Å². The van der Waals surface area contributed by atoms with Crippen LogP contribution in [0.4, 0.5) is 0 Å². The van der Waals surface area contributed by atoms with Gasteiger partial charge in [0.25, 0.3) is 0 Å². The first-order valence-electron chi connectivity index (χ1n) is 6.78. The van der Waals surface area contributed by atoms with Gasteiger partial charge in [0.15, 0.2) is 0 Å². The summed E-state index contributed by atoms with van der Waals surface area (Å²) in [4.78, 5) is 2.46. The Kier molecular flexibility index (Phi) is 4.22. The van der Waals surface area contributed by atoms with Crippen LogP contribution >= 0.6 is 0 Å². The van der Waals surface area contributed by atoms with Gasteiger partial charge in [0.2, 0.25) is 0 Å². The highest BCUT2D eigenvalue weighted by molar-refractivity contribution is 4.86. The number of piperidine rings is 1. The molecule has 4 atom stereocenters. The molecule has 2 N–H and O–H groups in total. The van der Waals surface area contributed by atoms with Crippen LogP contribution in [0.15, 0.2) is 0 Å². The summed E-state index contributed by atoms with van der Waals surface area (Å²) < 4.78 is 0.